The van der Waals surface area contributed by atoms with E-state index in [2.05, 4.69) is 0 Å². The number of hydrogen-bond donors (Lipinski definition) is 0. The molecule has 1 aromatic rings. The predicted molar refractivity (Wildman–Crippen MR) is 93.0 cm³/mol. The molecule has 3 rings (SSSR count). The second kappa shape index (κ2) is 7.03. The first-order valence-electron chi connectivity index (χ1n) is 8.27. The number of esters is 1. The molecule has 0 radical (unpaired) electrons. The summed E-state index contributed by atoms with van der Waals surface area (Å²) >= 11 is 1.68. The van der Waals surface area contributed by atoms with Crippen molar-refractivity contribution in [3.63, 3.8) is 0 Å². The summed E-state index contributed by atoms with van der Waals surface area (Å²) in [5.74, 6) is 0.473. The summed E-state index contributed by atoms with van der Waals surface area (Å²) in [4.78, 5) is 36.6. The molecule has 0 aromatic heterocycles. The minimum absolute atomic E-state index is 0.00622. The van der Waals surface area contributed by atoms with Gasteiger partial charge in [-0.1, -0.05) is 13.8 Å². The molecule has 0 N–H and O–H groups in total. The van der Waals surface area contributed by atoms with Gasteiger partial charge < -0.3 is 9.64 Å². The molecule has 8 heteroatoms. The molecule has 2 saturated heterocycles. The third kappa shape index (κ3) is 3.22. The summed E-state index contributed by atoms with van der Waals surface area (Å²) < 4.78 is 5.41. The van der Waals surface area contributed by atoms with E-state index in [9.17, 15) is 19.7 Å². The average Bonchev–Trinajstić information content (AvgIpc) is 2.95. The number of benzene rings is 1. The fraction of sp³-hybridized carbons (Fsp3) is 0.529. The molecule has 7 nitrogen and oxygen atoms in total. The van der Waals surface area contributed by atoms with E-state index in [0.717, 1.165) is 12.2 Å². The first-order chi connectivity index (χ1) is 11.9. The molecule has 4 unspecified atom stereocenters. The zero-order chi connectivity index (χ0) is 18.1. The number of hydrogen-bond acceptors (Lipinski definition) is 6. The molecule has 0 spiro atoms. The van der Waals surface area contributed by atoms with Gasteiger partial charge in [0.15, 0.2) is 0 Å². The van der Waals surface area contributed by atoms with Gasteiger partial charge in [0.2, 0.25) is 5.91 Å². The standard InChI is InChI=1S/C17H20N2O5S/c1-3-25-14-8-13-10(2)16(20)18(13)15(14)17(21)24-9-11-4-6-12(7-5-11)19(22)23/h4-7,10,13-15H,3,8-9H2,1-2H3. The largest absolute Gasteiger partial charge is 0.459 e. The molecule has 134 valence electrons. The lowest BCUT2D eigenvalue weighted by Gasteiger charge is -2.43. The monoisotopic (exact) mass is 364 g/mol. The Bertz CT molecular complexity index is 693. The van der Waals surface area contributed by atoms with Gasteiger partial charge in [-0.3, -0.25) is 14.9 Å². The van der Waals surface area contributed by atoms with E-state index in [1.54, 1.807) is 28.8 Å². The molecule has 2 fully saturated rings. The van der Waals surface area contributed by atoms with Crippen LogP contribution in [-0.4, -0.2) is 44.8 Å². The third-order valence-electron chi connectivity index (χ3n) is 4.85. The Kier molecular flexibility index (Phi) is 4.99. The van der Waals surface area contributed by atoms with Crippen LogP contribution in [0.15, 0.2) is 24.3 Å². The highest BCUT2D eigenvalue weighted by molar-refractivity contribution is 7.99. The summed E-state index contributed by atoms with van der Waals surface area (Å²) in [6.45, 7) is 3.98. The molecule has 0 aliphatic carbocycles. The van der Waals surface area contributed by atoms with E-state index in [1.807, 2.05) is 13.8 Å². The summed E-state index contributed by atoms with van der Waals surface area (Å²) in [6.07, 6.45) is 0.822. The lowest BCUT2D eigenvalue weighted by molar-refractivity contribution is -0.384. The smallest absolute Gasteiger partial charge is 0.330 e. The minimum Gasteiger partial charge on any atom is -0.459 e. The Labute approximate surface area is 149 Å². The van der Waals surface area contributed by atoms with Crippen molar-refractivity contribution in [2.45, 2.75) is 44.2 Å². The van der Waals surface area contributed by atoms with Gasteiger partial charge >= 0.3 is 5.97 Å². The number of thioether (sulfide) groups is 1. The minimum atomic E-state index is -0.531. The summed E-state index contributed by atoms with van der Waals surface area (Å²) in [5.41, 5.74) is 0.671. The fourth-order valence-corrected chi connectivity index (χ4v) is 4.71. The maximum absolute atomic E-state index is 12.6. The van der Waals surface area contributed by atoms with E-state index in [0.29, 0.717) is 5.56 Å². The molecule has 25 heavy (non-hydrogen) atoms. The van der Waals surface area contributed by atoms with Crippen LogP contribution in [0.4, 0.5) is 5.69 Å². The average molecular weight is 364 g/mol. The van der Waals surface area contributed by atoms with Crippen LogP contribution in [0.2, 0.25) is 0 Å². The topological polar surface area (TPSA) is 89.8 Å². The van der Waals surface area contributed by atoms with Crippen LogP contribution in [0, 0.1) is 16.0 Å². The van der Waals surface area contributed by atoms with Gasteiger partial charge in [0.05, 0.1) is 10.8 Å². The van der Waals surface area contributed by atoms with Crippen LogP contribution in [0.3, 0.4) is 0 Å². The Morgan fingerprint density at radius 2 is 2.08 bits per heavy atom. The Morgan fingerprint density at radius 3 is 2.68 bits per heavy atom. The molecule has 1 amide bonds. The normalized spacial score (nSPS) is 27.6. The highest BCUT2D eigenvalue weighted by atomic mass is 32.2. The predicted octanol–water partition coefficient (Wildman–Crippen LogP) is 2.38. The first kappa shape index (κ1) is 17.7. The number of rotatable bonds is 6. The number of amides is 1. The van der Waals surface area contributed by atoms with Crippen LogP contribution in [0.25, 0.3) is 0 Å². The van der Waals surface area contributed by atoms with Crippen molar-refractivity contribution in [1.29, 1.82) is 0 Å². The SMILES string of the molecule is CCSC1CC2C(C)C(=O)N2C1C(=O)OCc1ccc([N+](=O)[O-])cc1. The fourth-order valence-electron chi connectivity index (χ4n) is 3.52. The van der Waals surface area contributed by atoms with Crippen molar-refractivity contribution >= 4 is 29.3 Å². The lowest BCUT2D eigenvalue weighted by Crippen LogP contribution is -2.61. The summed E-state index contributed by atoms with van der Waals surface area (Å²) in [7, 11) is 0. The number of carbonyl (C=O) groups is 2. The van der Waals surface area contributed by atoms with E-state index in [4.69, 9.17) is 4.74 Å². The van der Waals surface area contributed by atoms with Gasteiger partial charge in [-0.05, 0) is 29.9 Å². The molecular formula is C17H20N2O5S. The van der Waals surface area contributed by atoms with Crippen LogP contribution in [-0.2, 0) is 20.9 Å². The Morgan fingerprint density at radius 1 is 1.40 bits per heavy atom. The number of nitrogens with zero attached hydrogens (tertiary/aromatic N) is 2. The molecule has 2 aliphatic rings. The van der Waals surface area contributed by atoms with Crippen LogP contribution < -0.4 is 0 Å². The second-order valence-electron chi connectivity index (χ2n) is 6.31. The summed E-state index contributed by atoms with van der Waals surface area (Å²) in [5, 5.41) is 10.7. The first-order valence-corrected chi connectivity index (χ1v) is 9.32. The van der Waals surface area contributed by atoms with E-state index >= 15 is 0 Å². The number of nitro groups is 1. The molecule has 0 saturated carbocycles. The van der Waals surface area contributed by atoms with Crippen molar-refractivity contribution in [1.82, 2.24) is 4.90 Å². The maximum Gasteiger partial charge on any atom is 0.330 e. The third-order valence-corrected chi connectivity index (χ3v) is 6.07. The number of nitro benzene ring substituents is 1. The number of fused-ring (bicyclic) bond motifs is 1. The number of ether oxygens (including phenoxy) is 1. The van der Waals surface area contributed by atoms with Crippen molar-refractivity contribution in [2.24, 2.45) is 5.92 Å². The molecule has 1 aromatic carbocycles. The molecule has 0 bridgehead atoms. The Balaban J connectivity index is 1.65. The van der Waals surface area contributed by atoms with Crippen molar-refractivity contribution in [3.05, 3.63) is 39.9 Å². The maximum atomic E-state index is 12.6. The zero-order valence-electron chi connectivity index (χ0n) is 14.1. The zero-order valence-corrected chi connectivity index (χ0v) is 14.9. The van der Waals surface area contributed by atoms with Crippen LogP contribution >= 0.6 is 11.8 Å². The highest BCUT2D eigenvalue weighted by Crippen LogP contribution is 2.44. The highest BCUT2D eigenvalue weighted by Gasteiger charge is 2.58. The lowest BCUT2D eigenvalue weighted by atomic mass is 9.90. The number of carbonyl (C=O) groups excluding carboxylic acids is 2. The molecular weight excluding hydrogens is 344 g/mol. The van der Waals surface area contributed by atoms with E-state index < -0.39 is 16.9 Å². The number of non-ortho nitro benzene ring substituents is 1. The second-order valence-corrected chi connectivity index (χ2v) is 7.82. The van der Waals surface area contributed by atoms with Crippen molar-refractivity contribution in [2.75, 3.05) is 5.75 Å². The van der Waals surface area contributed by atoms with Crippen molar-refractivity contribution in [3.8, 4) is 0 Å². The Hall–Kier alpha value is -2.09. The van der Waals surface area contributed by atoms with Crippen LogP contribution in [0.1, 0.15) is 25.8 Å². The quantitative estimate of drug-likeness (QED) is 0.333. The van der Waals surface area contributed by atoms with Gasteiger partial charge in [-0.25, -0.2) is 4.79 Å². The molecule has 2 aliphatic heterocycles. The van der Waals surface area contributed by atoms with Gasteiger partial charge in [0.1, 0.15) is 12.6 Å². The summed E-state index contributed by atoms with van der Waals surface area (Å²) in [6, 6.07) is 5.50. The molecule has 2 heterocycles. The number of β-lactam (4-membered cyclic amide) rings is 1. The van der Waals surface area contributed by atoms with Crippen LogP contribution in [0.5, 0.6) is 0 Å². The van der Waals surface area contributed by atoms with Crippen molar-refractivity contribution < 1.29 is 19.2 Å². The van der Waals surface area contributed by atoms with Gasteiger partial charge in [-0.2, -0.15) is 11.8 Å². The van der Waals surface area contributed by atoms with E-state index in [-0.39, 0.29) is 35.4 Å². The van der Waals surface area contributed by atoms with Gasteiger partial charge in [0, 0.05) is 23.4 Å². The molecule has 4 atom stereocenters. The van der Waals surface area contributed by atoms with E-state index in [1.165, 1.54) is 12.1 Å². The van der Waals surface area contributed by atoms with Gasteiger partial charge in [-0.15, -0.1) is 0 Å². The van der Waals surface area contributed by atoms with Gasteiger partial charge in [0.25, 0.3) is 5.69 Å².